The Labute approximate surface area is 96.3 Å². The van der Waals surface area contributed by atoms with Gasteiger partial charge >= 0.3 is 0 Å². The van der Waals surface area contributed by atoms with Crippen molar-refractivity contribution in [3.8, 4) is 0 Å². The van der Waals surface area contributed by atoms with Gasteiger partial charge in [0.05, 0.1) is 0 Å². The lowest BCUT2D eigenvalue weighted by Gasteiger charge is -2.22. The average Bonchev–Trinajstić information content (AvgIpc) is 2.33. The third-order valence-electron chi connectivity index (χ3n) is 3.53. The van der Waals surface area contributed by atoms with Gasteiger partial charge in [0.15, 0.2) is 0 Å². The predicted molar refractivity (Wildman–Crippen MR) is 60.8 cm³/mol. The van der Waals surface area contributed by atoms with Gasteiger partial charge in [-0.1, -0.05) is 31.4 Å². The monoisotopic (exact) mass is 221 g/mol. The van der Waals surface area contributed by atoms with Crippen LogP contribution >= 0.6 is 0 Å². The molecule has 1 saturated carbocycles. The van der Waals surface area contributed by atoms with Crippen molar-refractivity contribution < 1.29 is 9.50 Å². The molecule has 0 bridgehead atoms. The Balaban J connectivity index is 2.13. The highest BCUT2D eigenvalue weighted by molar-refractivity contribution is 5.27. The number of hydrogen-bond acceptors (Lipinski definition) is 1. The number of rotatable bonds is 3. The average molecular weight is 221 g/mol. The molecule has 0 spiro atoms. The first-order valence-electron chi connectivity index (χ1n) is 6.17. The summed E-state index contributed by atoms with van der Waals surface area (Å²) in [4.78, 5) is 0. The van der Waals surface area contributed by atoms with E-state index < -0.39 is 0 Å². The second kappa shape index (κ2) is 5.44. The molecular formula is C14H18FO-. The number of hydrogen-bond donors (Lipinski definition) is 0. The molecule has 2 rings (SSSR count). The lowest BCUT2D eigenvalue weighted by molar-refractivity contribution is -0.366. The van der Waals surface area contributed by atoms with Gasteiger partial charge in [0.25, 0.3) is 0 Å². The molecule has 0 amide bonds. The Morgan fingerprint density at radius 1 is 1.19 bits per heavy atom. The van der Waals surface area contributed by atoms with Gasteiger partial charge in [0.1, 0.15) is 5.82 Å². The van der Waals surface area contributed by atoms with E-state index in [-0.39, 0.29) is 12.4 Å². The first kappa shape index (κ1) is 11.6. The highest BCUT2D eigenvalue weighted by Gasteiger charge is 2.16. The van der Waals surface area contributed by atoms with Gasteiger partial charge in [-0.3, -0.25) is 0 Å². The van der Waals surface area contributed by atoms with Gasteiger partial charge < -0.3 is 5.11 Å². The Hall–Kier alpha value is -0.890. The molecular weight excluding hydrogens is 203 g/mol. The van der Waals surface area contributed by atoms with Crippen molar-refractivity contribution in [2.75, 3.05) is 6.61 Å². The van der Waals surface area contributed by atoms with Crippen LogP contribution in [-0.4, -0.2) is 6.61 Å². The smallest absolute Gasteiger partial charge is 0.126 e. The largest absolute Gasteiger partial charge is 0.854 e. The zero-order valence-electron chi connectivity index (χ0n) is 9.55. The van der Waals surface area contributed by atoms with E-state index in [0.717, 1.165) is 5.56 Å². The molecule has 1 aromatic rings. The van der Waals surface area contributed by atoms with Crippen LogP contribution in [0, 0.1) is 5.82 Å². The molecule has 16 heavy (non-hydrogen) atoms. The van der Waals surface area contributed by atoms with Crippen LogP contribution in [0.5, 0.6) is 0 Å². The summed E-state index contributed by atoms with van der Waals surface area (Å²) in [6.07, 6.45) is 6.49. The lowest BCUT2D eigenvalue weighted by Crippen LogP contribution is -2.10. The van der Waals surface area contributed by atoms with Crippen molar-refractivity contribution in [3.63, 3.8) is 0 Å². The maximum absolute atomic E-state index is 13.7. The Kier molecular flexibility index (Phi) is 3.94. The van der Waals surface area contributed by atoms with E-state index in [4.69, 9.17) is 0 Å². The summed E-state index contributed by atoms with van der Waals surface area (Å²) < 4.78 is 13.7. The summed E-state index contributed by atoms with van der Waals surface area (Å²) in [6, 6.07) is 5.43. The van der Waals surface area contributed by atoms with Crippen molar-refractivity contribution >= 4 is 0 Å². The Morgan fingerprint density at radius 2 is 1.94 bits per heavy atom. The summed E-state index contributed by atoms with van der Waals surface area (Å²) in [5.41, 5.74) is 1.68. The van der Waals surface area contributed by atoms with Gasteiger partial charge in [-0.15, -0.1) is 6.61 Å². The second-order valence-corrected chi connectivity index (χ2v) is 4.64. The van der Waals surface area contributed by atoms with Crippen LogP contribution in [0.4, 0.5) is 4.39 Å². The summed E-state index contributed by atoms with van der Waals surface area (Å²) in [5.74, 6) is 0.337. The molecule has 1 aromatic carbocycles. The molecule has 1 aliphatic carbocycles. The molecule has 0 unspecified atom stereocenters. The fraction of sp³-hybridized carbons (Fsp3) is 0.571. The number of benzene rings is 1. The van der Waals surface area contributed by atoms with E-state index in [2.05, 4.69) is 0 Å². The summed E-state index contributed by atoms with van der Waals surface area (Å²) in [5, 5.41) is 10.5. The van der Waals surface area contributed by atoms with Gasteiger partial charge in [-0.2, -0.15) is 0 Å². The first-order chi connectivity index (χ1) is 7.81. The fourth-order valence-electron chi connectivity index (χ4n) is 2.57. The summed E-state index contributed by atoms with van der Waals surface area (Å²) >= 11 is 0. The van der Waals surface area contributed by atoms with Crippen LogP contribution in [-0.2, 0) is 6.42 Å². The maximum atomic E-state index is 13.7. The van der Waals surface area contributed by atoms with Crippen molar-refractivity contribution in [1.82, 2.24) is 0 Å². The molecule has 0 aromatic heterocycles. The zero-order chi connectivity index (χ0) is 11.4. The van der Waals surface area contributed by atoms with E-state index in [1.807, 2.05) is 6.07 Å². The third kappa shape index (κ3) is 2.62. The van der Waals surface area contributed by atoms with E-state index in [0.29, 0.717) is 17.9 Å². The topological polar surface area (TPSA) is 23.1 Å². The highest BCUT2D eigenvalue weighted by Crippen LogP contribution is 2.33. The Morgan fingerprint density at radius 3 is 2.56 bits per heavy atom. The molecule has 1 nitrogen and oxygen atoms in total. The zero-order valence-corrected chi connectivity index (χ0v) is 9.55. The third-order valence-corrected chi connectivity index (χ3v) is 3.53. The molecule has 0 aliphatic heterocycles. The second-order valence-electron chi connectivity index (χ2n) is 4.64. The Bertz CT molecular complexity index is 343. The lowest BCUT2D eigenvalue weighted by atomic mass is 9.84. The van der Waals surface area contributed by atoms with Crippen LogP contribution < -0.4 is 5.11 Å². The van der Waals surface area contributed by atoms with Crippen molar-refractivity contribution in [1.29, 1.82) is 0 Å². The molecule has 0 N–H and O–H groups in total. The summed E-state index contributed by atoms with van der Waals surface area (Å²) in [7, 11) is 0. The highest BCUT2D eigenvalue weighted by atomic mass is 19.1. The van der Waals surface area contributed by atoms with Crippen molar-refractivity contribution in [3.05, 3.63) is 35.1 Å². The molecule has 0 radical (unpaired) electrons. The van der Waals surface area contributed by atoms with Gasteiger partial charge in [-0.05, 0) is 42.4 Å². The minimum atomic E-state index is -0.236. The molecule has 0 heterocycles. The quantitative estimate of drug-likeness (QED) is 0.769. The molecule has 2 heteroatoms. The predicted octanol–water partition coefficient (Wildman–Crippen LogP) is 2.78. The van der Waals surface area contributed by atoms with E-state index in [1.54, 1.807) is 12.1 Å². The van der Waals surface area contributed by atoms with E-state index in [9.17, 15) is 9.50 Å². The van der Waals surface area contributed by atoms with Crippen molar-refractivity contribution in [2.24, 2.45) is 0 Å². The van der Waals surface area contributed by atoms with Crippen LogP contribution in [0.25, 0.3) is 0 Å². The molecule has 0 atom stereocenters. The standard InChI is InChI=1S/C14H18FO/c15-14-10-13(7-6-12(14)8-9-16)11-4-2-1-3-5-11/h6-7,10-11H,1-5,8-9H2/q-1. The fourth-order valence-corrected chi connectivity index (χ4v) is 2.57. The normalized spacial score (nSPS) is 17.6. The first-order valence-corrected chi connectivity index (χ1v) is 6.17. The van der Waals surface area contributed by atoms with Crippen LogP contribution in [0.15, 0.2) is 18.2 Å². The maximum Gasteiger partial charge on any atom is 0.126 e. The molecule has 1 fully saturated rings. The van der Waals surface area contributed by atoms with Gasteiger partial charge in [0, 0.05) is 0 Å². The van der Waals surface area contributed by atoms with Gasteiger partial charge in [-0.25, -0.2) is 4.39 Å². The van der Waals surface area contributed by atoms with Crippen LogP contribution in [0.3, 0.4) is 0 Å². The molecule has 88 valence electrons. The van der Waals surface area contributed by atoms with Gasteiger partial charge in [0.2, 0.25) is 0 Å². The van der Waals surface area contributed by atoms with Crippen LogP contribution in [0.2, 0.25) is 0 Å². The molecule has 0 saturated heterocycles. The van der Waals surface area contributed by atoms with E-state index in [1.165, 1.54) is 32.1 Å². The minimum absolute atomic E-state index is 0.195. The minimum Gasteiger partial charge on any atom is -0.854 e. The van der Waals surface area contributed by atoms with E-state index >= 15 is 0 Å². The van der Waals surface area contributed by atoms with Crippen molar-refractivity contribution in [2.45, 2.75) is 44.4 Å². The summed E-state index contributed by atoms with van der Waals surface area (Å²) in [6.45, 7) is -0.236. The van der Waals surface area contributed by atoms with Crippen LogP contribution in [0.1, 0.15) is 49.1 Å². The molecule has 1 aliphatic rings. The SMILES string of the molecule is [O-]CCc1ccc(C2CCCCC2)cc1F. The number of halogens is 1.